The highest BCUT2D eigenvalue weighted by Crippen LogP contribution is 2.30. The SMILES string of the molecule is CC(C)(C)NC(=O)C(Cl)c1cc(Br)cs1. The largest absolute Gasteiger partial charge is 0.350 e. The Morgan fingerprint density at radius 3 is 2.60 bits per heavy atom. The number of rotatable bonds is 2. The standard InChI is InChI=1S/C10H13BrClNOS/c1-10(2,3)13-9(14)8(12)7-4-6(11)5-15-7/h4-5,8H,1-3H3,(H,13,14). The second kappa shape index (κ2) is 4.85. The van der Waals surface area contributed by atoms with E-state index in [1.807, 2.05) is 32.2 Å². The first-order chi connectivity index (χ1) is 6.79. The van der Waals surface area contributed by atoms with Gasteiger partial charge in [0.1, 0.15) is 5.38 Å². The third-order valence-corrected chi connectivity index (χ3v) is 3.89. The van der Waals surface area contributed by atoms with Crippen molar-refractivity contribution in [2.24, 2.45) is 0 Å². The molecule has 0 saturated heterocycles. The lowest BCUT2D eigenvalue weighted by atomic mass is 10.1. The van der Waals surface area contributed by atoms with Crippen molar-refractivity contribution >= 4 is 44.8 Å². The zero-order valence-electron chi connectivity index (χ0n) is 8.80. The first-order valence-electron chi connectivity index (χ1n) is 4.49. The summed E-state index contributed by atoms with van der Waals surface area (Å²) in [7, 11) is 0. The molecule has 1 amide bonds. The van der Waals surface area contributed by atoms with Crippen LogP contribution in [0.3, 0.4) is 0 Å². The van der Waals surface area contributed by atoms with E-state index < -0.39 is 5.38 Å². The molecule has 0 saturated carbocycles. The molecule has 0 aliphatic heterocycles. The van der Waals surface area contributed by atoms with Crippen LogP contribution in [0.1, 0.15) is 31.0 Å². The lowest BCUT2D eigenvalue weighted by Gasteiger charge is -2.22. The average molecular weight is 311 g/mol. The van der Waals surface area contributed by atoms with Gasteiger partial charge in [-0.1, -0.05) is 0 Å². The maximum atomic E-state index is 11.7. The second-order valence-corrected chi connectivity index (χ2v) is 6.56. The fraction of sp³-hybridized carbons (Fsp3) is 0.500. The molecule has 1 atom stereocenters. The molecule has 1 aromatic heterocycles. The van der Waals surface area contributed by atoms with E-state index >= 15 is 0 Å². The number of thiophene rings is 1. The fourth-order valence-corrected chi connectivity index (χ4v) is 2.71. The Labute approximate surface area is 107 Å². The van der Waals surface area contributed by atoms with Crippen LogP contribution in [-0.2, 0) is 4.79 Å². The number of amides is 1. The summed E-state index contributed by atoms with van der Waals surface area (Å²) in [6.45, 7) is 5.79. The van der Waals surface area contributed by atoms with Crippen LogP contribution in [0.4, 0.5) is 0 Å². The molecule has 0 aliphatic rings. The molecule has 1 N–H and O–H groups in total. The highest BCUT2D eigenvalue weighted by atomic mass is 79.9. The third-order valence-electron chi connectivity index (χ3n) is 1.57. The molecule has 0 aliphatic carbocycles. The van der Waals surface area contributed by atoms with Crippen molar-refractivity contribution < 1.29 is 4.79 Å². The molecule has 0 radical (unpaired) electrons. The van der Waals surface area contributed by atoms with Crippen molar-refractivity contribution in [1.82, 2.24) is 5.32 Å². The van der Waals surface area contributed by atoms with Gasteiger partial charge in [0.05, 0.1) is 0 Å². The van der Waals surface area contributed by atoms with Gasteiger partial charge in [0.2, 0.25) is 5.91 Å². The number of carbonyl (C=O) groups is 1. The second-order valence-electron chi connectivity index (χ2n) is 4.27. The first kappa shape index (κ1) is 13.0. The summed E-state index contributed by atoms with van der Waals surface area (Å²) in [6, 6.07) is 1.87. The first-order valence-corrected chi connectivity index (χ1v) is 6.60. The normalized spacial score (nSPS) is 13.7. The van der Waals surface area contributed by atoms with Gasteiger partial charge in [0, 0.05) is 20.3 Å². The van der Waals surface area contributed by atoms with Crippen LogP contribution in [0.2, 0.25) is 0 Å². The Balaban J connectivity index is 2.69. The summed E-state index contributed by atoms with van der Waals surface area (Å²) >= 11 is 10.9. The summed E-state index contributed by atoms with van der Waals surface area (Å²) in [5.41, 5.74) is -0.251. The van der Waals surface area contributed by atoms with E-state index in [2.05, 4.69) is 21.2 Å². The van der Waals surface area contributed by atoms with Gasteiger partial charge in [-0.2, -0.15) is 0 Å². The van der Waals surface area contributed by atoms with Crippen molar-refractivity contribution in [3.8, 4) is 0 Å². The molecular weight excluding hydrogens is 298 g/mol. The van der Waals surface area contributed by atoms with Crippen LogP contribution in [0.25, 0.3) is 0 Å². The number of alkyl halides is 1. The summed E-state index contributed by atoms with van der Waals surface area (Å²) in [4.78, 5) is 12.6. The van der Waals surface area contributed by atoms with Gasteiger partial charge in [0.25, 0.3) is 0 Å². The topological polar surface area (TPSA) is 29.1 Å². The van der Waals surface area contributed by atoms with Crippen molar-refractivity contribution in [1.29, 1.82) is 0 Å². The number of carbonyl (C=O) groups excluding carboxylic acids is 1. The van der Waals surface area contributed by atoms with Gasteiger partial charge in [-0.15, -0.1) is 22.9 Å². The molecule has 1 heterocycles. The number of halogens is 2. The minimum atomic E-state index is -0.611. The van der Waals surface area contributed by atoms with Gasteiger partial charge in [-0.3, -0.25) is 4.79 Å². The Hall–Kier alpha value is -0.0600. The smallest absolute Gasteiger partial charge is 0.243 e. The van der Waals surface area contributed by atoms with Crippen LogP contribution in [0, 0.1) is 0 Å². The van der Waals surface area contributed by atoms with Crippen LogP contribution in [0.15, 0.2) is 15.9 Å². The third kappa shape index (κ3) is 4.13. The van der Waals surface area contributed by atoms with Crippen LogP contribution in [0.5, 0.6) is 0 Å². The summed E-state index contributed by atoms with van der Waals surface area (Å²) < 4.78 is 0.955. The molecule has 1 aromatic rings. The lowest BCUT2D eigenvalue weighted by Crippen LogP contribution is -2.42. The highest BCUT2D eigenvalue weighted by molar-refractivity contribution is 9.10. The minimum absolute atomic E-state index is 0.154. The van der Waals surface area contributed by atoms with Crippen molar-refractivity contribution in [3.63, 3.8) is 0 Å². The lowest BCUT2D eigenvalue weighted by molar-refractivity contribution is -0.122. The number of hydrogen-bond acceptors (Lipinski definition) is 2. The molecule has 84 valence electrons. The number of nitrogens with one attached hydrogen (secondary N) is 1. The van der Waals surface area contributed by atoms with Gasteiger partial charge < -0.3 is 5.32 Å². The molecule has 5 heteroatoms. The average Bonchev–Trinajstić information content (AvgIpc) is 2.47. The minimum Gasteiger partial charge on any atom is -0.350 e. The van der Waals surface area contributed by atoms with E-state index in [0.717, 1.165) is 9.35 Å². The Kier molecular flexibility index (Phi) is 4.20. The van der Waals surface area contributed by atoms with Crippen molar-refractivity contribution in [2.45, 2.75) is 31.7 Å². The number of hydrogen-bond donors (Lipinski definition) is 1. The van der Waals surface area contributed by atoms with Gasteiger partial charge >= 0.3 is 0 Å². The summed E-state index contributed by atoms with van der Waals surface area (Å²) in [5, 5.41) is 4.15. The van der Waals surface area contributed by atoms with Gasteiger partial charge in [0.15, 0.2) is 0 Å². The van der Waals surface area contributed by atoms with E-state index in [-0.39, 0.29) is 11.4 Å². The zero-order chi connectivity index (χ0) is 11.6. The van der Waals surface area contributed by atoms with Crippen molar-refractivity contribution in [2.75, 3.05) is 0 Å². The Morgan fingerprint density at radius 2 is 2.20 bits per heavy atom. The molecular formula is C10H13BrClNOS. The van der Waals surface area contributed by atoms with E-state index in [1.54, 1.807) is 0 Å². The monoisotopic (exact) mass is 309 g/mol. The molecule has 1 rings (SSSR count). The van der Waals surface area contributed by atoms with Crippen LogP contribution >= 0.6 is 38.9 Å². The molecule has 0 aromatic carbocycles. The molecule has 0 fully saturated rings. The molecule has 0 spiro atoms. The predicted octanol–water partition coefficient (Wildman–Crippen LogP) is 3.71. The maximum absolute atomic E-state index is 11.7. The molecule has 2 nitrogen and oxygen atoms in total. The Morgan fingerprint density at radius 1 is 1.60 bits per heavy atom. The van der Waals surface area contributed by atoms with Crippen LogP contribution in [-0.4, -0.2) is 11.4 Å². The van der Waals surface area contributed by atoms with Crippen LogP contribution < -0.4 is 5.32 Å². The van der Waals surface area contributed by atoms with Crippen molar-refractivity contribution in [3.05, 3.63) is 20.8 Å². The highest BCUT2D eigenvalue weighted by Gasteiger charge is 2.23. The van der Waals surface area contributed by atoms with Gasteiger partial charge in [-0.05, 0) is 42.8 Å². The molecule has 1 unspecified atom stereocenters. The van der Waals surface area contributed by atoms with E-state index in [4.69, 9.17) is 11.6 Å². The zero-order valence-corrected chi connectivity index (χ0v) is 12.0. The Bertz CT molecular complexity index is 359. The molecule has 15 heavy (non-hydrogen) atoms. The van der Waals surface area contributed by atoms with E-state index in [9.17, 15) is 4.79 Å². The van der Waals surface area contributed by atoms with E-state index in [1.165, 1.54) is 11.3 Å². The summed E-state index contributed by atoms with van der Waals surface area (Å²) in [5.74, 6) is -0.154. The maximum Gasteiger partial charge on any atom is 0.243 e. The predicted molar refractivity (Wildman–Crippen MR) is 68.5 cm³/mol. The van der Waals surface area contributed by atoms with E-state index in [0.29, 0.717) is 0 Å². The molecule has 0 bridgehead atoms. The summed E-state index contributed by atoms with van der Waals surface area (Å²) in [6.07, 6.45) is 0. The fourth-order valence-electron chi connectivity index (χ4n) is 1.02. The quantitative estimate of drug-likeness (QED) is 0.829. The van der Waals surface area contributed by atoms with Gasteiger partial charge in [-0.25, -0.2) is 0 Å².